The third-order valence-electron chi connectivity index (χ3n) is 5.68. The highest BCUT2D eigenvalue weighted by molar-refractivity contribution is 5.90. The van der Waals surface area contributed by atoms with Crippen molar-refractivity contribution in [3.05, 3.63) is 41.5 Å². The monoisotopic (exact) mass is 346 g/mol. The Morgan fingerprint density at radius 2 is 1.80 bits per heavy atom. The summed E-state index contributed by atoms with van der Waals surface area (Å²) in [6.07, 6.45) is 8.40. The number of aryl methyl sites for hydroxylation is 1. The quantitative estimate of drug-likeness (QED) is 0.543. The molecule has 0 radical (unpaired) electrons. The van der Waals surface area contributed by atoms with Crippen LogP contribution in [0.5, 0.6) is 5.75 Å². The molecule has 2 aromatic rings. The van der Waals surface area contributed by atoms with Crippen LogP contribution >= 0.6 is 0 Å². The van der Waals surface area contributed by atoms with Gasteiger partial charge in [-0.15, -0.1) is 0 Å². The van der Waals surface area contributed by atoms with Crippen LogP contribution in [0.15, 0.2) is 30.3 Å². The van der Waals surface area contributed by atoms with Crippen LogP contribution in [0.25, 0.3) is 10.8 Å². The van der Waals surface area contributed by atoms with Gasteiger partial charge in [0.05, 0.1) is 0 Å². The molecule has 3 rings (SSSR count). The zero-order valence-corrected chi connectivity index (χ0v) is 15.2. The Kier molecular flexibility index (Phi) is 5.93. The van der Waals surface area contributed by atoms with Crippen molar-refractivity contribution in [2.45, 2.75) is 71.3 Å². The second kappa shape index (κ2) is 8.16. The zero-order chi connectivity index (χ0) is 17.8. The molecule has 1 aliphatic carbocycles. The van der Waals surface area contributed by atoms with Crippen LogP contribution in [-0.2, 0) is 6.42 Å². The van der Waals surface area contributed by atoms with E-state index in [0.29, 0.717) is 18.1 Å². The van der Waals surface area contributed by atoms with Crippen LogP contribution in [-0.4, -0.2) is 6.61 Å². The van der Waals surface area contributed by atoms with Gasteiger partial charge < -0.3 is 4.74 Å². The van der Waals surface area contributed by atoms with Gasteiger partial charge in [-0.3, -0.25) is 0 Å². The molecule has 0 unspecified atom stereocenters. The first kappa shape index (κ1) is 18.2. The van der Waals surface area contributed by atoms with Gasteiger partial charge in [0.15, 0.2) is 0 Å². The summed E-state index contributed by atoms with van der Waals surface area (Å²) in [7, 11) is 0. The molecule has 0 saturated heterocycles. The lowest BCUT2D eigenvalue weighted by Gasteiger charge is -2.29. The summed E-state index contributed by atoms with van der Waals surface area (Å²) in [6, 6.07) is 10.2. The van der Waals surface area contributed by atoms with Gasteiger partial charge >= 0.3 is 6.61 Å². The van der Waals surface area contributed by atoms with Crippen LogP contribution in [0.4, 0.5) is 8.78 Å². The summed E-state index contributed by atoms with van der Waals surface area (Å²) in [5, 5.41) is 1.80. The number of fused-ring (bicyclic) bond motifs is 1. The van der Waals surface area contributed by atoms with Crippen molar-refractivity contribution < 1.29 is 13.5 Å². The van der Waals surface area contributed by atoms with Gasteiger partial charge in [-0.25, -0.2) is 0 Å². The van der Waals surface area contributed by atoms with Gasteiger partial charge in [-0.05, 0) is 60.5 Å². The lowest BCUT2D eigenvalue weighted by Crippen LogP contribution is -2.13. The Hall–Kier alpha value is -1.64. The third kappa shape index (κ3) is 4.13. The predicted molar refractivity (Wildman–Crippen MR) is 99.6 cm³/mol. The van der Waals surface area contributed by atoms with Gasteiger partial charge in [0, 0.05) is 5.39 Å². The van der Waals surface area contributed by atoms with E-state index >= 15 is 0 Å². The van der Waals surface area contributed by atoms with Crippen molar-refractivity contribution in [3.63, 3.8) is 0 Å². The molecule has 0 aliphatic heterocycles. The van der Waals surface area contributed by atoms with Crippen LogP contribution in [0.1, 0.15) is 69.4 Å². The molecule has 0 bridgehead atoms. The van der Waals surface area contributed by atoms with Gasteiger partial charge in [0.1, 0.15) is 5.75 Å². The van der Waals surface area contributed by atoms with Crippen molar-refractivity contribution in [3.8, 4) is 5.75 Å². The van der Waals surface area contributed by atoms with E-state index in [1.54, 1.807) is 0 Å². The van der Waals surface area contributed by atoms with E-state index in [0.717, 1.165) is 22.3 Å². The molecule has 1 aliphatic rings. The van der Waals surface area contributed by atoms with Crippen molar-refractivity contribution in [2.75, 3.05) is 0 Å². The molecule has 0 amide bonds. The van der Waals surface area contributed by atoms with Gasteiger partial charge in [-0.1, -0.05) is 57.0 Å². The van der Waals surface area contributed by atoms with E-state index in [1.165, 1.54) is 44.1 Å². The third-order valence-corrected chi connectivity index (χ3v) is 5.68. The minimum atomic E-state index is -2.79. The van der Waals surface area contributed by atoms with Gasteiger partial charge in [0.2, 0.25) is 0 Å². The number of ether oxygens (including phenoxy) is 1. The highest BCUT2D eigenvalue weighted by Crippen LogP contribution is 2.39. The number of alkyl halides is 2. The van der Waals surface area contributed by atoms with Crippen LogP contribution in [0.2, 0.25) is 0 Å². The molecular formula is C22H28F2O. The van der Waals surface area contributed by atoms with Crippen LogP contribution in [0.3, 0.4) is 0 Å². The number of benzene rings is 2. The Morgan fingerprint density at radius 1 is 1.04 bits per heavy atom. The van der Waals surface area contributed by atoms with E-state index in [1.807, 2.05) is 25.1 Å². The highest BCUT2D eigenvalue weighted by atomic mass is 19.3. The number of hydrogen-bond acceptors (Lipinski definition) is 1. The smallest absolute Gasteiger partial charge is 0.387 e. The number of halogens is 2. The fraction of sp³-hybridized carbons (Fsp3) is 0.545. The van der Waals surface area contributed by atoms with Crippen molar-refractivity contribution in [1.29, 1.82) is 0 Å². The summed E-state index contributed by atoms with van der Waals surface area (Å²) in [5.41, 5.74) is 2.18. The van der Waals surface area contributed by atoms with Crippen LogP contribution < -0.4 is 4.74 Å². The maximum absolute atomic E-state index is 12.8. The van der Waals surface area contributed by atoms with Crippen molar-refractivity contribution >= 4 is 10.8 Å². The molecule has 0 atom stereocenters. The lowest BCUT2D eigenvalue weighted by atomic mass is 9.77. The SMILES string of the molecule is CCCC1CCC(c2ccc3c(OC(F)F)c(CC)ccc3c2)CC1. The fourth-order valence-corrected chi connectivity index (χ4v) is 4.32. The van der Waals surface area contributed by atoms with Crippen molar-refractivity contribution in [2.24, 2.45) is 5.92 Å². The van der Waals surface area contributed by atoms with E-state index in [-0.39, 0.29) is 0 Å². The van der Waals surface area contributed by atoms with E-state index in [4.69, 9.17) is 4.74 Å². The Bertz CT molecular complexity index is 702. The van der Waals surface area contributed by atoms with Crippen LogP contribution in [0, 0.1) is 5.92 Å². The normalized spacial score (nSPS) is 21.0. The summed E-state index contributed by atoms with van der Waals surface area (Å²) in [4.78, 5) is 0. The molecule has 0 N–H and O–H groups in total. The topological polar surface area (TPSA) is 9.23 Å². The maximum Gasteiger partial charge on any atom is 0.387 e. The summed E-state index contributed by atoms with van der Waals surface area (Å²) < 4.78 is 30.5. The van der Waals surface area contributed by atoms with Gasteiger partial charge in [0.25, 0.3) is 0 Å². The first-order chi connectivity index (χ1) is 12.1. The lowest BCUT2D eigenvalue weighted by molar-refractivity contribution is -0.0493. The predicted octanol–water partition coefficient (Wildman–Crippen LogP) is 7.08. The minimum Gasteiger partial charge on any atom is -0.434 e. The summed E-state index contributed by atoms with van der Waals surface area (Å²) in [5.74, 6) is 1.83. The summed E-state index contributed by atoms with van der Waals surface area (Å²) >= 11 is 0. The molecule has 0 spiro atoms. The Labute approximate surface area is 149 Å². The molecule has 0 heterocycles. The average Bonchev–Trinajstić information content (AvgIpc) is 2.62. The number of hydrogen-bond donors (Lipinski definition) is 0. The Balaban J connectivity index is 1.86. The Morgan fingerprint density at radius 3 is 2.44 bits per heavy atom. The van der Waals surface area contributed by atoms with E-state index in [9.17, 15) is 8.78 Å². The summed E-state index contributed by atoms with van der Waals surface area (Å²) in [6.45, 7) is 1.44. The molecule has 136 valence electrons. The molecule has 0 aromatic heterocycles. The maximum atomic E-state index is 12.8. The zero-order valence-electron chi connectivity index (χ0n) is 15.2. The minimum absolute atomic E-state index is 0.341. The molecule has 25 heavy (non-hydrogen) atoms. The van der Waals surface area contributed by atoms with Crippen molar-refractivity contribution in [1.82, 2.24) is 0 Å². The average molecular weight is 346 g/mol. The highest BCUT2D eigenvalue weighted by Gasteiger charge is 2.22. The number of rotatable bonds is 6. The molecular weight excluding hydrogens is 318 g/mol. The second-order valence-electron chi connectivity index (χ2n) is 7.27. The molecule has 1 saturated carbocycles. The van der Waals surface area contributed by atoms with E-state index in [2.05, 4.69) is 19.1 Å². The first-order valence-electron chi connectivity index (χ1n) is 9.62. The first-order valence-corrected chi connectivity index (χ1v) is 9.62. The molecule has 1 nitrogen and oxygen atoms in total. The fourth-order valence-electron chi connectivity index (χ4n) is 4.32. The molecule has 3 heteroatoms. The molecule has 1 fully saturated rings. The molecule has 2 aromatic carbocycles. The van der Waals surface area contributed by atoms with Gasteiger partial charge in [-0.2, -0.15) is 8.78 Å². The second-order valence-corrected chi connectivity index (χ2v) is 7.27. The standard InChI is InChI=1S/C22H28F2O/c1-3-5-15-6-8-17(9-7-15)18-12-13-20-19(14-18)11-10-16(4-2)21(20)25-22(23)24/h10-15,17,22H,3-9H2,1-2H3. The van der Waals surface area contributed by atoms with E-state index < -0.39 is 6.61 Å². The largest absolute Gasteiger partial charge is 0.434 e.